The number of hydrogen-bond acceptors (Lipinski definition) is 4. The van der Waals surface area contributed by atoms with Gasteiger partial charge in [-0.25, -0.2) is 9.97 Å². The monoisotopic (exact) mass is 293 g/mol. The Morgan fingerprint density at radius 1 is 1.25 bits per heavy atom. The SMILES string of the molecule is CCNc1cc(C2CCCC2)nc(CSC(C)(C)C)n1. The van der Waals surface area contributed by atoms with E-state index in [0.717, 1.165) is 23.9 Å². The molecule has 0 saturated heterocycles. The van der Waals surface area contributed by atoms with Crippen molar-refractivity contribution in [2.24, 2.45) is 0 Å². The predicted molar refractivity (Wildman–Crippen MR) is 88.5 cm³/mol. The highest BCUT2D eigenvalue weighted by Gasteiger charge is 2.20. The van der Waals surface area contributed by atoms with Crippen molar-refractivity contribution in [3.8, 4) is 0 Å². The third-order valence-electron chi connectivity index (χ3n) is 3.56. The van der Waals surface area contributed by atoms with Gasteiger partial charge in [0.25, 0.3) is 0 Å². The maximum atomic E-state index is 4.83. The van der Waals surface area contributed by atoms with Gasteiger partial charge in [0, 0.05) is 29.0 Å². The highest BCUT2D eigenvalue weighted by molar-refractivity contribution is 7.99. The summed E-state index contributed by atoms with van der Waals surface area (Å²) < 4.78 is 0.255. The van der Waals surface area contributed by atoms with Crippen molar-refractivity contribution in [1.82, 2.24) is 9.97 Å². The highest BCUT2D eigenvalue weighted by atomic mass is 32.2. The summed E-state index contributed by atoms with van der Waals surface area (Å²) in [4.78, 5) is 9.48. The van der Waals surface area contributed by atoms with Crippen LogP contribution in [0.4, 0.5) is 5.82 Å². The molecule has 1 saturated carbocycles. The van der Waals surface area contributed by atoms with Gasteiger partial charge in [0.05, 0.1) is 5.75 Å². The molecule has 0 bridgehead atoms. The first-order valence-electron chi connectivity index (χ1n) is 7.73. The van der Waals surface area contributed by atoms with Crippen LogP contribution in [0.5, 0.6) is 0 Å². The zero-order valence-electron chi connectivity index (χ0n) is 13.2. The number of thioether (sulfide) groups is 1. The van der Waals surface area contributed by atoms with E-state index in [4.69, 9.17) is 4.98 Å². The van der Waals surface area contributed by atoms with Gasteiger partial charge in [-0.3, -0.25) is 0 Å². The number of nitrogens with one attached hydrogen (secondary N) is 1. The van der Waals surface area contributed by atoms with Crippen LogP contribution >= 0.6 is 11.8 Å². The maximum Gasteiger partial charge on any atom is 0.140 e. The predicted octanol–water partition coefficient (Wildman–Crippen LogP) is 4.60. The molecule has 1 aliphatic carbocycles. The molecular weight excluding hydrogens is 266 g/mol. The topological polar surface area (TPSA) is 37.8 Å². The smallest absolute Gasteiger partial charge is 0.140 e. The lowest BCUT2D eigenvalue weighted by Crippen LogP contribution is -2.11. The van der Waals surface area contributed by atoms with Crippen LogP contribution in [0, 0.1) is 0 Å². The van der Waals surface area contributed by atoms with Crippen molar-refractivity contribution in [1.29, 1.82) is 0 Å². The van der Waals surface area contributed by atoms with E-state index in [2.05, 4.69) is 44.1 Å². The zero-order valence-corrected chi connectivity index (χ0v) is 14.0. The van der Waals surface area contributed by atoms with Gasteiger partial charge in [-0.05, 0) is 19.8 Å². The Morgan fingerprint density at radius 2 is 1.95 bits per heavy atom. The van der Waals surface area contributed by atoms with E-state index in [1.807, 2.05) is 11.8 Å². The summed E-state index contributed by atoms with van der Waals surface area (Å²) in [5, 5.41) is 3.35. The van der Waals surface area contributed by atoms with Crippen LogP contribution in [0.15, 0.2) is 6.07 Å². The molecule has 3 nitrogen and oxygen atoms in total. The Bertz CT molecular complexity index is 434. The van der Waals surface area contributed by atoms with Gasteiger partial charge >= 0.3 is 0 Å². The maximum absolute atomic E-state index is 4.83. The van der Waals surface area contributed by atoms with Crippen molar-refractivity contribution in [3.05, 3.63) is 17.6 Å². The molecule has 0 amide bonds. The molecule has 0 aliphatic heterocycles. The van der Waals surface area contributed by atoms with Crippen LogP contribution in [0.3, 0.4) is 0 Å². The minimum atomic E-state index is 0.255. The first kappa shape index (κ1) is 15.6. The lowest BCUT2D eigenvalue weighted by molar-refractivity contribution is 0.688. The summed E-state index contributed by atoms with van der Waals surface area (Å²) in [7, 11) is 0. The number of hydrogen-bond donors (Lipinski definition) is 1. The average molecular weight is 293 g/mol. The molecule has 1 heterocycles. The van der Waals surface area contributed by atoms with Crippen LogP contribution in [-0.2, 0) is 5.75 Å². The third kappa shape index (κ3) is 4.65. The van der Waals surface area contributed by atoms with E-state index in [9.17, 15) is 0 Å². The largest absolute Gasteiger partial charge is 0.370 e. The summed E-state index contributed by atoms with van der Waals surface area (Å²) in [6, 6.07) is 2.16. The summed E-state index contributed by atoms with van der Waals surface area (Å²) in [5.41, 5.74) is 1.25. The van der Waals surface area contributed by atoms with Crippen LogP contribution in [0.1, 0.15) is 70.8 Å². The molecule has 1 aromatic heterocycles. The molecule has 20 heavy (non-hydrogen) atoms. The van der Waals surface area contributed by atoms with E-state index in [1.165, 1.54) is 31.4 Å². The average Bonchev–Trinajstić information content (AvgIpc) is 2.89. The lowest BCUT2D eigenvalue weighted by atomic mass is 10.0. The minimum Gasteiger partial charge on any atom is -0.370 e. The summed E-state index contributed by atoms with van der Waals surface area (Å²) in [6.45, 7) is 9.74. The zero-order chi connectivity index (χ0) is 14.6. The molecule has 1 N–H and O–H groups in total. The normalized spacial score (nSPS) is 16.6. The lowest BCUT2D eigenvalue weighted by Gasteiger charge is -2.18. The van der Waals surface area contributed by atoms with E-state index in [1.54, 1.807) is 0 Å². The molecule has 1 aromatic rings. The fraction of sp³-hybridized carbons (Fsp3) is 0.750. The molecule has 0 aromatic carbocycles. The Labute approximate surface area is 127 Å². The first-order valence-corrected chi connectivity index (χ1v) is 8.72. The second kappa shape index (κ2) is 6.79. The van der Waals surface area contributed by atoms with Gasteiger partial charge in [-0.15, -0.1) is 11.8 Å². The molecule has 1 fully saturated rings. The second-order valence-corrected chi connectivity index (χ2v) is 8.31. The minimum absolute atomic E-state index is 0.255. The molecule has 4 heteroatoms. The fourth-order valence-corrected chi connectivity index (χ4v) is 3.26. The highest BCUT2D eigenvalue weighted by Crippen LogP contribution is 2.34. The van der Waals surface area contributed by atoms with Gasteiger partial charge in [0.1, 0.15) is 11.6 Å². The van der Waals surface area contributed by atoms with Crippen molar-refractivity contribution >= 4 is 17.6 Å². The summed E-state index contributed by atoms with van der Waals surface area (Å²) in [5.74, 6) is 3.51. The number of rotatable bonds is 5. The van der Waals surface area contributed by atoms with Crippen molar-refractivity contribution < 1.29 is 0 Å². The van der Waals surface area contributed by atoms with Gasteiger partial charge < -0.3 is 5.32 Å². The standard InChI is InChI=1S/C16H27N3S/c1-5-17-14-10-13(12-8-6-7-9-12)18-15(19-14)11-20-16(2,3)4/h10,12H,5-9,11H2,1-4H3,(H,17,18,19). The number of anilines is 1. The molecule has 2 rings (SSSR count). The van der Waals surface area contributed by atoms with E-state index < -0.39 is 0 Å². The van der Waals surface area contributed by atoms with Crippen molar-refractivity contribution in [3.63, 3.8) is 0 Å². The molecule has 0 atom stereocenters. The van der Waals surface area contributed by atoms with Crippen LogP contribution < -0.4 is 5.32 Å². The van der Waals surface area contributed by atoms with Gasteiger partial charge in [-0.1, -0.05) is 33.6 Å². The summed E-state index contributed by atoms with van der Waals surface area (Å²) in [6.07, 6.45) is 5.26. The van der Waals surface area contributed by atoms with E-state index in [-0.39, 0.29) is 4.75 Å². The van der Waals surface area contributed by atoms with Crippen LogP contribution in [-0.4, -0.2) is 21.3 Å². The van der Waals surface area contributed by atoms with Crippen molar-refractivity contribution in [2.75, 3.05) is 11.9 Å². The quantitative estimate of drug-likeness (QED) is 0.861. The molecular formula is C16H27N3S. The third-order valence-corrected chi connectivity index (χ3v) is 4.83. The fourth-order valence-electron chi connectivity index (χ4n) is 2.57. The Balaban J connectivity index is 2.16. The van der Waals surface area contributed by atoms with E-state index in [0.29, 0.717) is 5.92 Å². The van der Waals surface area contributed by atoms with E-state index >= 15 is 0 Å². The second-order valence-electron chi connectivity index (χ2n) is 6.51. The van der Waals surface area contributed by atoms with Crippen molar-refractivity contribution in [2.45, 2.75) is 69.8 Å². The Hall–Kier alpha value is -0.770. The number of aromatic nitrogens is 2. The van der Waals surface area contributed by atoms with Crippen LogP contribution in [0.25, 0.3) is 0 Å². The molecule has 0 unspecified atom stereocenters. The number of nitrogens with zero attached hydrogens (tertiary/aromatic N) is 2. The first-order chi connectivity index (χ1) is 9.48. The van der Waals surface area contributed by atoms with Gasteiger partial charge in [0.2, 0.25) is 0 Å². The van der Waals surface area contributed by atoms with Gasteiger partial charge in [0.15, 0.2) is 0 Å². The Kier molecular flexibility index (Phi) is 5.30. The molecule has 0 spiro atoms. The molecule has 1 aliphatic rings. The van der Waals surface area contributed by atoms with Gasteiger partial charge in [-0.2, -0.15) is 0 Å². The van der Waals surface area contributed by atoms with Crippen LogP contribution in [0.2, 0.25) is 0 Å². The Morgan fingerprint density at radius 3 is 2.55 bits per heavy atom. The molecule has 112 valence electrons. The molecule has 0 radical (unpaired) electrons. The summed E-state index contributed by atoms with van der Waals surface area (Å²) >= 11 is 1.91.